The van der Waals surface area contributed by atoms with E-state index < -0.39 is 0 Å². The Morgan fingerprint density at radius 1 is 1.24 bits per heavy atom. The number of rotatable bonds is 2. The van der Waals surface area contributed by atoms with Crippen LogP contribution in [0.15, 0.2) is 36.5 Å². The minimum Gasteiger partial charge on any atom is -0.329 e. The third-order valence-corrected chi connectivity index (χ3v) is 2.52. The number of nitrogens with zero attached hydrogens (tertiary/aromatic N) is 4. The maximum atomic E-state index is 8.72. The van der Waals surface area contributed by atoms with Crippen molar-refractivity contribution in [1.82, 2.24) is 9.97 Å². The lowest BCUT2D eigenvalue weighted by molar-refractivity contribution is 1.08. The van der Waals surface area contributed by atoms with Crippen molar-refractivity contribution < 1.29 is 0 Å². The molecule has 1 heterocycles. The molecule has 4 nitrogen and oxygen atoms in total. The van der Waals surface area contributed by atoms with Crippen molar-refractivity contribution in [2.75, 3.05) is 11.9 Å². The van der Waals surface area contributed by atoms with E-state index in [2.05, 4.69) is 16.0 Å². The lowest BCUT2D eigenvalue weighted by Crippen LogP contribution is -2.11. The maximum Gasteiger partial charge on any atom is 0.224 e. The van der Waals surface area contributed by atoms with Crippen molar-refractivity contribution in [2.24, 2.45) is 0 Å². The normalized spacial score (nSPS) is 9.71. The van der Waals surface area contributed by atoms with Crippen LogP contribution < -0.4 is 4.90 Å². The Hall–Kier alpha value is -2.12. The van der Waals surface area contributed by atoms with Gasteiger partial charge in [0.1, 0.15) is 5.82 Å². The molecule has 84 valence electrons. The quantitative estimate of drug-likeness (QED) is 0.763. The molecular weight excluding hydrogens is 236 g/mol. The van der Waals surface area contributed by atoms with Gasteiger partial charge in [0.15, 0.2) is 0 Å². The molecule has 0 unspecified atom stereocenters. The predicted octanol–water partition coefficient (Wildman–Crippen LogP) is 2.77. The monoisotopic (exact) mass is 244 g/mol. The number of halogens is 1. The first-order valence-electron chi connectivity index (χ1n) is 4.93. The molecule has 0 bridgehead atoms. The highest BCUT2D eigenvalue weighted by Crippen LogP contribution is 2.22. The number of benzene rings is 1. The van der Waals surface area contributed by atoms with Gasteiger partial charge in [0.2, 0.25) is 5.28 Å². The summed E-state index contributed by atoms with van der Waals surface area (Å²) in [6.45, 7) is 0. The molecule has 17 heavy (non-hydrogen) atoms. The summed E-state index contributed by atoms with van der Waals surface area (Å²) in [6, 6.07) is 11.1. The molecule has 1 aromatic carbocycles. The van der Waals surface area contributed by atoms with E-state index in [1.54, 1.807) is 24.4 Å². The summed E-state index contributed by atoms with van der Waals surface area (Å²) in [5, 5.41) is 8.93. The molecule has 0 amide bonds. The fourth-order valence-corrected chi connectivity index (χ4v) is 1.55. The molecule has 0 aliphatic rings. The van der Waals surface area contributed by atoms with Crippen LogP contribution in [0.2, 0.25) is 5.28 Å². The van der Waals surface area contributed by atoms with Gasteiger partial charge in [0, 0.05) is 18.9 Å². The Balaban J connectivity index is 2.30. The SMILES string of the molecule is CN(c1ccc(C#N)cc1)c1ccnc(Cl)n1. The van der Waals surface area contributed by atoms with Crippen molar-refractivity contribution in [3.8, 4) is 6.07 Å². The summed E-state index contributed by atoms with van der Waals surface area (Å²) in [5.41, 5.74) is 1.56. The predicted molar refractivity (Wildman–Crippen MR) is 66.3 cm³/mol. The molecule has 0 saturated carbocycles. The Bertz CT molecular complexity index is 559. The highest BCUT2D eigenvalue weighted by atomic mass is 35.5. The minimum atomic E-state index is 0.211. The molecule has 0 aliphatic heterocycles. The highest BCUT2D eigenvalue weighted by Gasteiger charge is 2.05. The van der Waals surface area contributed by atoms with Crippen molar-refractivity contribution in [3.05, 3.63) is 47.4 Å². The van der Waals surface area contributed by atoms with Crippen molar-refractivity contribution in [1.29, 1.82) is 5.26 Å². The lowest BCUT2D eigenvalue weighted by Gasteiger charge is -2.17. The van der Waals surface area contributed by atoms with Gasteiger partial charge in [-0.05, 0) is 41.9 Å². The average molecular weight is 245 g/mol. The molecule has 2 rings (SSSR count). The average Bonchev–Trinajstić information content (AvgIpc) is 2.38. The molecule has 5 heteroatoms. The van der Waals surface area contributed by atoms with Gasteiger partial charge in [-0.25, -0.2) is 9.97 Å². The highest BCUT2D eigenvalue weighted by molar-refractivity contribution is 6.28. The molecule has 0 N–H and O–H groups in total. The van der Waals surface area contributed by atoms with E-state index >= 15 is 0 Å². The van der Waals surface area contributed by atoms with Gasteiger partial charge in [-0.15, -0.1) is 0 Å². The van der Waals surface area contributed by atoms with E-state index in [1.807, 2.05) is 24.1 Å². The smallest absolute Gasteiger partial charge is 0.224 e. The van der Waals surface area contributed by atoms with E-state index in [4.69, 9.17) is 16.9 Å². The standard InChI is InChI=1S/C12H9ClN4/c1-17(11-6-7-15-12(13)16-11)10-4-2-9(8-14)3-5-10/h2-7H,1H3. The van der Waals surface area contributed by atoms with Gasteiger partial charge in [-0.1, -0.05) is 0 Å². The van der Waals surface area contributed by atoms with Crippen LogP contribution >= 0.6 is 11.6 Å². The summed E-state index contributed by atoms with van der Waals surface area (Å²) >= 11 is 5.73. The minimum absolute atomic E-state index is 0.211. The van der Waals surface area contributed by atoms with Gasteiger partial charge >= 0.3 is 0 Å². The first kappa shape index (κ1) is 11.4. The van der Waals surface area contributed by atoms with Gasteiger partial charge in [-0.3, -0.25) is 0 Å². The van der Waals surface area contributed by atoms with Gasteiger partial charge in [0.05, 0.1) is 11.6 Å². The lowest BCUT2D eigenvalue weighted by atomic mass is 10.2. The van der Waals surface area contributed by atoms with Gasteiger partial charge in [0.25, 0.3) is 0 Å². The Kier molecular flexibility index (Phi) is 3.22. The molecular formula is C12H9ClN4. The Labute approximate surface area is 104 Å². The summed E-state index contributed by atoms with van der Waals surface area (Å²) in [5.74, 6) is 0.703. The number of hydrogen-bond acceptors (Lipinski definition) is 4. The maximum absolute atomic E-state index is 8.72. The second-order valence-corrected chi connectivity index (χ2v) is 3.74. The van der Waals surface area contributed by atoms with E-state index in [9.17, 15) is 0 Å². The summed E-state index contributed by atoms with van der Waals surface area (Å²) in [7, 11) is 1.88. The van der Waals surface area contributed by atoms with Crippen LogP contribution in [0.25, 0.3) is 0 Å². The fourth-order valence-electron chi connectivity index (χ4n) is 1.40. The second kappa shape index (κ2) is 4.81. The molecule has 0 radical (unpaired) electrons. The molecule has 0 atom stereocenters. The summed E-state index contributed by atoms with van der Waals surface area (Å²) in [6.07, 6.45) is 1.60. The topological polar surface area (TPSA) is 52.8 Å². The Morgan fingerprint density at radius 2 is 1.94 bits per heavy atom. The first-order valence-corrected chi connectivity index (χ1v) is 5.31. The van der Waals surface area contributed by atoms with Crippen LogP contribution in [-0.4, -0.2) is 17.0 Å². The van der Waals surface area contributed by atoms with E-state index in [0.29, 0.717) is 11.4 Å². The molecule has 0 saturated heterocycles. The van der Waals surface area contributed by atoms with Crippen LogP contribution in [0.3, 0.4) is 0 Å². The van der Waals surface area contributed by atoms with Crippen LogP contribution in [0.4, 0.5) is 11.5 Å². The number of hydrogen-bond donors (Lipinski definition) is 0. The van der Waals surface area contributed by atoms with Crippen molar-refractivity contribution in [2.45, 2.75) is 0 Å². The van der Waals surface area contributed by atoms with E-state index in [1.165, 1.54) is 0 Å². The summed E-state index contributed by atoms with van der Waals surface area (Å²) < 4.78 is 0. The molecule has 0 fully saturated rings. The number of nitriles is 1. The molecule has 0 aliphatic carbocycles. The number of aromatic nitrogens is 2. The van der Waals surface area contributed by atoms with Crippen LogP contribution in [0.5, 0.6) is 0 Å². The molecule has 0 spiro atoms. The van der Waals surface area contributed by atoms with Gasteiger partial charge in [-0.2, -0.15) is 5.26 Å². The molecule has 2 aromatic rings. The van der Waals surface area contributed by atoms with Crippen LogP contribution in [0.1, 0.15) is 5.56 Å². The first-order chi connectivity index (χ1) is 8.20. The largest absolute Gasteiger partial charge is 0.329 e. The number of anilines is 2. The van der Waals surface area contributed by atoms with Gasteiger partial charge < -0.3 is 4.90 Å². The second-order valence-electron chi connectivity index (χ2n) is 3.40. The zero-order valence-corrected chi connectivity index (χ0v) is 9.89. The van der Waals surface area contributed by atoms with E-state index in [-0.39, 0.29) is 5.28 Å². The Morgan fingerprint density at radius 3 is 2.53 bits per heavy atom. The van der Waals surface area contributed by atoms with Crippen LogP contribution in [-0.2, 0) is 0 Å². The van der Waals surface area contributed by atoms with Crippen LogP contribution in [0, 0.1) is 11.3 Å². The van der Waals surface area contributed by atoms with E-state index in [0.717, 1.165) is 5.69 Å². The third-order valence-electron chi connectivity index (χ3n) is 2.34. The molecule has 1 aromatic heterocycles. The van der Waals surface area contributed by atoms with Crippen molar-refractivity contribution in [3.63, 3.8) is 0 Å². The van der Waals surface area contributed by atoms with Crippen molar-refractivity contribution >= 4 is 23.1 Å². The zero-order valence-electron chi connectivity index (χ0n) is 9.13. The summed E-state index contributed by atoms with van der Waals surface area (Å²) in [4.78, 5) is 9.80. The fraction of sp³-hybridized carbons (Fsp3) is 0.0833. The zero-order chi connectivity index (χ0) is 12.3. The third kappa shape index (κ3) is 2.52.